The lowest BCUT2D eigenvalue weighted by Gasteiger charge is -2.23. The molecular formula is C23H23FN8O. The Morgan fingerprint density at radius 3 is 2.82 bits per heavy atom. The zero-order valence-corrected chi connectivity index (χ0v) is 18.4. The molecule has 10 heteroatoms. The Morgan fingerprint density at radius 2 is 2.09 bits per heavy atom. The number of nitrogens with zero attached hydrogens (tertiary/aromatic N) is 7. The highest BCUT2D eigenvalue weighted by atomic mass is 19.1. The Hall–Kier alpha value is -3.84. The first-order valence-electron chi connectivity index (χ1n) is 10.9. The van der Waals surface area contributed by atoms with E-state index in [0.717, 1.165) is 49.1 Å². The number of fused-ring (bicyclic) bond motifs is 1. The minimum absolute atomic E-state index is 0.311. The van der Waals surface area contributed by atoms with E-state index < -0.39 is 11.9 Å². The Balaban J connectivity index is 1.55. The number of nitriles is 1. The summed E-state index contributed by atoms with van der Waals surface area (Å²) < 4.78 is 23.1. The van der Waals surface area contributed by atoms with Crippen molar-refractivity contribution in [3.8, 4) is 23.1 Å². The van der Waals surface area contributed by atoms with Crippen LogP contribution in [0.5, 0.6) is 5.75 Å². The predicted octanol–water partition coefficient (Wildman–Crippen LogP) is 3.37. The van der Waals surface area contributed by atoms with E-state index in [2.05, 4.69) is 31.8 Å². The molecule has 1 N–H and O–H groups in total. The van der Waals surface area contributed by atoms with Gasteiger partial charge >= 0.3 is 0 Å². The van der Waals surface area contributed by atoms with E-state index in [1.54, 1.807) is 10.6 Å². The Morgan fingerprint density at radius 1 is 1.27 bits per heavy atom. The molecule has 0 amide bonds. The predicted molar refractivity (Wildman–Crippen MR) is 118 cm³/mol. The van der Waals surface area contributed by atoms with Gasteiger partial charge in [-0.15, -0.1) is 5.10 Å². The third kappa shape index (κ3) is 3.91. The minimum atomic E-state index is -0.474. The van der Waals surface area contributed by atoms with Gasteiger partial charge in [0.1, 0.15) is 40.5 Å². The van der Waals surface area contributed by atoms with Gasteiger partial charge in [0.2, 0.25) is 0 Å². The number of rotatable bonds is 5. The third-order valence-corrected chi connectivity index (χ3v) is 6.02. The number of aromatic nitrogens is 6. The summed E-state index contributed by atoms with van der Waals surface area (Å²) in [4.78, 5) is 4.12. The quantitative estimate of drug-likeness (QED) is 0.501. The van der Waals surface area contributed by atoms with E-state index in [4.69, 9.17) is 4.74 Å². The molecule has 5 rings (SSSR count). The van der Waals surface area contributed by atoms with Crippen LogP contribution in [0.4, 0.5) is 4.39 Å². The molecule has 0 bridgehead atoms. The molecule has 168 valence electrons. The van der Waals surface area contributed by atoms with E-state index in [9.17, 15) is 9.65 Å². The average Bonchev–Trinajstić information content (AvgIpc) is 3.43. The van der Waals surface area contributed by atoms with E-state index in [1.807, 2.05) is 30.8 Å². The molecule has 0 unspecified atom stereocenters. The first-order chi connectivity index (χ1) is 16.0. The van der Waals surface area contributed by atoms with Crippen LogP contribution in [0, 0.1) is 24.1 Å². The Bertz CT molecular complexity index is 1330. The second-order valence-corrected chi connectivity index (χ2v) is 8.17. The number of hydrogen-bond donors (Lipinski definition) is 1. The van der Waals surface area contributed by atoms with Gasteiger partial charge in [-0.1, -0.05) is 5.21 Å². The summed E-state index contributed by atoms with van der Waals surface area (Å²) in [7, 11) is 0. The van der Waals surface area contributed by atoms with Crippen LogP contribution in [-0.2, 0) is 0 Å². The standard InChI is InChI=1S/C23H23FN8O/c1-14-22(29-30-32(14)19-5-7-26-8-6-19)16-9-21(23-17(10-25)11-28-31(23)13-16)33-15(2)20-4-3-18(24)12-27-20/h3-4,9,11-13,15,19,26H,5-8H2,1-2H3/t15-/m1/s1. The second kappa shape index (κ2) is 8.60. The Kier molecular flexibility index (Phi) is 5.48. The molecule has 4 aromatic rings. The number of hydrogen-bond acceptors (Lipinski definition) is 7. The van der Waals surface area contributed by atoms with Crippen molar-refractivity contribution < 1.29 is 9.13 Å². The normalized spacial score (nSPS) is 15.5. The molecular weight excluding hydrogens is 423 g/mol. The lowest BCUT2D eigenvalue weighted by molar-refractivity contribution is 0.223. The van der Waals surface area contributed by atoms with E-state index in [0.29, 0.717) is 28.6 Å². The van der Waals surface area contributed by atoms with Crippen molar-refractivity contribution in [2.45, 2.75) is 38.8 Å². The lowest BCUT2D eigenvalue weighted by Crippen LogP contribution is -2.30. The van der Waals surface area contributed by atoms with Crippen LogP contribution in [-0.4, -0.2) is 42.7 Å². The molecule has 1 fully saturated rings. The van der Waals surface area contributed by atoms with Gasteiger partial charge in [0, 0.05) is 11.8 Å². The summed E-state index contributed by atoms with van der Waals surface area (Å²) in [5.41, 5.74) is 4.01. The van der Waals surface area contributed by atoms with Crippen LogP contribution >= 0.6 is 0 Å². The zero-order chi connectivity index (χ0) is 22.9. The monoisotopic (exact) mass is 446 g/mol. The maximum absolute atomic E-state index is 13.3. The molecule has 0 spiro atoms. The fourth-order valence-electron chi connectivity index (χ4n) is 4.27. The van der Waals surface area contributed by atoms with Crippen LogP contribution in [0.3, 0.4) is 0 Å². The first-order valence-corrected chi connectivity index (χ1v) is 10.9. The van der Waals surface area contributed by atoms with E-state index in [1.165, 1.54) is 12.3 Å². The van der Waals surface area contributed by atoms with E-state index in [-0.39, 0.29) is 0 Å². The van der Waals surface area contributed by atoms with Gasteiger partial charge in [0.25, 0.3) is 0 Å². The maximum atomic E-state index is 13.3. The molecule has 5 heterocycles. The fourth-order valence-corrected chi connectivity index (χ4v) is 4.27. The number of ether oxygens (including phenoxy) is 1. The van der Waals surface area contributed by atoms with Crippen LogP contribution in [0.1, 0.15) is 48.9 Å². The summed E-state index contributed by atoms with van der Waals surface area (Å²) in [6, 6.07) is 7.25. The topological polar surface area (TPSA) is 106 Å². The van der Waals surface area contributed by atoms with Gasteiger partial charge in [0.05, 0.1) is 29.8 Å². The Labute approximate surface area is 189 Å². The summed E-state index contributed by atoms with van der Waals surface area (Å²) >= 11 is 0. The molecule has 33 heavy (non-hydrogen) atoms. The highest BCUT2D eigenvalue weighted by Gasteiger charge is 2.23. The number of nitrogens with one attached hydrogen (secondary N) is 1. The highest BCUT2D eigenvalue weighted by Crippen LogP contribution is 2.34. The third-order valence-electron chi connectivity index (χ3n) is 6.02. The molecule has 1 aliphatic rings. The van der Waals surface area contributed by atoms with Crippen molar-refractivity contribution in [1.29, 1.82) is 5.26 Å². The van der Waals surface area contributed by atoms with Gasteiger partial charge in [0.15, 0.2) is 0 Å². The van der Waals surface area contributed by atoms with Crippen LogP contribution < -0.4 is 10.1 Å². The number of piperidine rings is 1. The summed E-state index contributed by atoms with van der Waals surface area (Å²) in [5, 5.41) is 26.2. The second-order valence-electron chi connectivity index (χ2n) is 8.17. The van der Waals surface area contributed by atoms with Crippen LogP contribution in [0.2, 0.25) is 0 Å². The molecule has 1 aliphatic heterocycles. The number of pyridine rings is 2. The van der Waals surface area contributed by atoms with Crippen molar-refractivity contribution >= 4 is 5.52 Å². The largest absolute Gasteiger partial charge is 0.482 e. The molecule has 1 saturated heterocycles. The van der Waals surface area contributed by atoms with Crippen molar-refractivity contribution in [2.75, 3.05) is 13.1 Å². The maximum Gasteiger partial charge on any atom is 0.148 e. The molecule has 0 aliphatic carbocycles. The van der Waals surface area contributed by atoms with Gasteiger partial charge in [-0.05, 0) is 58.0 Å². The van der Waals surface area contributed by atoms with Crippen molar-refractivity contribution in [3.63, 3.8) is 0 Å². The minimum Gasteiger partial charge on any atom is -0.482 e. The van der Waals surface area contributed by atoms with Crippen molar-refractivity contribution in [1.82, 2.24) is 34.9 Å². The van der Waals surface area contributed by atoms with Crippen LogP contribution in [0.15, 0.2) is 36.8 Å². The highest BCUT2D eigenvalue weighted by molar-refractivity contribution is 5.74. The van der Waals surface area contributed by atoms with Crippen LogP contribution in [0.25, 0.3) is 16.8 Å². The first kappa shape index (κ1) is 21.0. The molecule has 0 radical (unpaired) electrons. The van der Waals surface area contributed by atoms with Crippen molar-refractivity contribution in [2.24, 2.45) is 0 Å². The fraction of sp³-hybridized carbons (Fsp3) is 0.348. The summed E-state index contributed by atoms with van der Waals surface area (Å²) in [6.45, 7) is 5.76. The van der Waals surface area contributed by atoms with Crippen molar-refractivity contribution in [3.05, 3.63) is 59.6 Å². The molecule has 1 atom stereocenters. The SMILES string of the molecule is Cc1c(-c2cc(O[C@H](C)c3ccc(F)cn3)c3c(C#N)cnn3c2)nnn1C1CCNCC1. The average molecular weight is 446 g/mol. The summed E-state index contributed by atoms with van der Waals surface area (Å²) in [5.74, 6) is 0.0567. The molecule has 0 aromatic carbocycles. The lowest BCUT2D eigenvalue weighted by atomic mass is 10.1. The van der Waals surface area contributed by atoms with Gasteiger partial charge < -0.3 is 10.1 Å². The molecule has 0 saturated carbocycles. The smallest absolute Gasteiger partial charge is 0.148 e. The number of halogens is 1. The van der Waals surface area contributed by atoms with E-state index >= 15 is 0 Å². The van der Waals surface area contributed by atoms with Gasteiger partial charge in [-0.2, -0.15) is 10.4 Å². The zero-order valence-electron chi connectivity index (χ0n) is 18.4. The van der Waals surface area contributed by atoms with Gasteiger partial charge in [-0.25, -0.2) is 13.6 Å². The summed E-state index contributed by atoms with van der Waals surface area (Å²) in [6.07, 6.45) is 6.02. The molecule has 4 aromatic heterocycles. The molecule has 9 nitrogen and oxygen atoms in total. The van der Waals surface area contributed by atoms with Gasteiger partial charge in [-0.3, -0.25) is 4.98 Å².